The number of amides is 1. The van der Waals surface area contributed by atoms with Crippen molar-refractivity contribution >= 4 is 27.6 Å². The number of halogens is 5. The molecule has 2 heterocycles. The fourth-order valence-corrected chi connectivity index (χ4v) is 4.98. The van der Waals surface area contributed by atoms with Crippen molar-refractivity contribution in [3.05, 3.63) is 93.8 Å². The van der Waals surface area contributed by atoms with Gasteiger partial charge >= 0.3 is 6.18 Å². The maximum absolute atomic E-state index is 13.4. The smallest absolute Gasteiger partial charge is 0.344 e. The van der Waals surface area contributed by atoms with E-state index >= 15 is 0 Å². The van der Waals surface area contributed by atoms with E-state index < -0.39 is 56.8 Å². The fourth-order valence-electron chi connectivity index (χ4n) is 3.75. The first-order valence-electron chi connectivity index (χ1n) is 11.8. The normalized spacial score (nSPS) is 12.8. The summed E-state index contributed by atoms with van der Waals surface area (Å²) >= 11 is 5.88. The first-order valence-corrected chi connectivity index (χ1v) is 13.6. The highest BCUT2D eigenvalue weighted by atomic mass is 35.5. The van der Waals surface area contributed by atoms with Gasteiger partial charge in [0.05, 0.1) is 51.8 Å². The summed E-state index contributed by atoms with van der Waals surface area (Å²) < 4.78 is 84.8. The summed E-state index contributed by atoms with van der Waals surface area (Å²) in [6.07, 6.45) is -3.15. The minimum absolute atomic E-state index is 0.0598. The van der Waals surface area contributed by atoms with E-state index in [0.29, 0.717) is 0 Å². The second-order valence-corrected chi connectivity index (χ2v) is 10.7. The lowest BCUT2D eigenvalue weighted by atomic mass is 10.1. The van der Waals surface area contributed by atoms with Gasteiger partial charge in [-0.1, -0.05) is 40.6 Å². The number of hydrogen-bond acceptors (Lipinski definition) is 8. The van der Waals surface area contributed by atoms with Crippen LogP contribution in [0.1, 0.15) is 45.8 Å². The number of aromatic nitrogens is 5. The molecule has 1 amide bonds. The van der Waals surface area contributed by atoms with E-state index in [1.54, 1.807) is 19.1 Å². The summed E-state index contributed by atoms with van der Waals surface area (Å²) in [6, 6.07) is 7.97. The van der Waals surface area contributed by atoms with E-state index in [4.69, 9.17) is 15.8 Å². The summed E-state index contributed by atoms with van der Waals surface area (Å²) in [5.41, 5.74) is -0.446. The molecule has 0 saturated heterocycles. The summed E-state index contributed by atoms with van der Waals surface area (Å²) in [4.78, 5) is 20.5. The SMILES string of the molecule is Cc1ccc(S(=O)(=O)OCCc2c(C(C)NC(=O)c3cccc(C(F)(F)F)c3Cl)nnn2-c2ncc(F)cn2)cc1. The topological polar surface area (TPSA) is 129 Å². The predicted molar refractivity (Wildman–Crippen MR) is 137 cm³/mol. The summed E-state index contributed by atoms with van der Waals surface area (Å²) in [5, 5.41) is 9.73. The quantitative estimate of drug-likeness (QED) is 0.214. The van der Waals surface area contributed by atoms with Gasteiger partial charge in [-0.3, -0.25) is 8.98 Å². The highest BCUT2D eigenvalue weighted by Crippen LogP contribution is 2.36. The zero-order valence-electron chi connectivity index (χ0n) is 21.4. The van der Waals surface area contributed by atoms with Gasteiger partial charge in [0.25, 0.3) is 22.0 Å². The van der Waals surface area contributed by atoms with Crippen LogP contribution in [0.25, 0.3) is 5.95 Å². The Bertz CT molecular complexity index is 1660. The molecule has 2 aromatic heterocycles. The molecule has 0 bridgehead atoms. The lowest BCUT2D eigenvalue weighted by Gasteiger charge is -2.16. The number of carbonyl (C=O) groups excluding carboxylic acids is 1. The fraction of sp³-hybridized carbons (Fsp3) is 0.240. The lowest BCUT2D eigenvalue weighted by Crippen LogP contribution is -2.28. The number of rotatable bonds is 9. The van der Waals surface area contributed by atoms with Crippen molar-refractivity contribution in [1.82, 2.24) is 30.3 Å². The summed E-state index contributed by atoms with van der Waals surface area (Å²) in [6.45, 7) is 2.88. The van der Waals surface area contributed by atoms with Gasteiger partial charge in [0, 0.05) is 6.42 Å². The van der Waals surface area contributed by atoms with Crippen molar-refractivity contribution in [2.45, 2.75) is 37.4 Å². The number of nitrogens with one attached hydrogen (secondary N) is 1. The Morgan fingerprint density at radius 1 is 1.12 bits per heavy atom. The first kappa shape index (κ1) is 30.0. The summed E-state index contributed by atoms with van der Waals surface area (Å²) in [5.74, 6) is -1.76. The van der Waals surface area contributed by atoms with Gasteiger partial charge in [-0.15, -0.1) is 5.10 Å². The van der Waals surface area contributed by atoms with E-state index in [0.717, 1.165) is 40.8 Å². The minimum Gasteiger partial charge on any atom is -0.344 e. The standard InChI is InChI=1S/C25H21ClF4N6O4S/c1-14-6-8-17(9-7-14)41(38,39)40-11-10-20-22(34-35-36(20)24-31-12-16(27)13-32-24)15(2)33-23(37)18-4-3-5-19(21(18)26)25(28,29)30/h3-9,12-13,15H,10-11H2,1-2H3,(H,33,37). The number of nitrogens with zero attached hydrogens (tertiary/aromatic N) is 5. The molecule has 2 aromatic carbocycles. The van der Waals surface area contributed by atoms with Crippen LogP contribution in [0.3, 0.4) is 0 Å². The number of carbonyl (C=O) groups is 1. The Balaban J connectivity index is 1.60. The largest absolute Gasteiger partial charge is 0.417 e. The number of aryl methyl sites for hydroxylation is 1. The van der Waals surface area contributed by atoms with Gasteiger partial charge in [0.1, 0.15) is 5.69 Å². The maximum Gasteiger partial charge on any atom is 0.417 e. The molecular weight excluding hydrogens is 592 g/mol. The Hall–Kier alpha value is -3.95. The minimum atomic E-state index is -4.77. The molecule has 0 fully saturated rings. The van der Waals surface area contributed by atoms with Crippen molar-refractivity contribution in [2.75, 3.05) is 6.61 Å². The van der Waals surface area contributed by atoms with Crippen molar-refractivity contribution in [2.24, 2.45) is 0 Å². The van der Waals surface area contributed by atoms with E-state index in [1.807, 2.05) is 0 Å². The Morgan fingerprint density at radius 3 is 2.41 bits per heavy atom. The molecule has 10 nitrogen and oxygen atoms in total. The second kappa shape index (κ2) is 11.9. The molecular formula is C25H21ClF4N6O4S. The van der Waals surface area contributed by atoms with Gasteiger partial charge in [-0.05, 0) is 38.1 Å². The second-order valence-electron chi connectivity index (χ2n) is 8.73. The molecule has 0 radical (unpaired) electrons. The lowest BCUT2D eigenvalue weighted by molar-refractivity contribution is -0.137. The van der Waals surface area contributed by atoms with Crippen molar-refractivity contribution in [3.63, 3.8) is 0 Å². The van der Waals surface area contributed by atoms with Crippen LogP contribution < -0.4 is 5.32 Å². The number of hydrogen-bond donors (Lipinski definition) is 1. The molecule has 41 heavy (non-hydrogen) atoms. The molecule has 1 N–H and O–H groups in total. The third kappa shape index (κ3) is 6.86. The Kier molecular flexibility index (Phi) is 8.70. The van der Waals surface area contributed by atoms with Crippen LogP contribution in [0.2, 0.25) is 5.02 Å². The van der Waals surface area contributed by atoms with Crippen molar-refractivity contribution in [3.8, 4) is 5.95 Å². The van der Waals surface area contributed by atoms with Crippen LogP contribution in [-0.2, 0) is 26.9 Å². The molecule has 4 aromatic rings. The predicted octanol–water partition coefficient (Wildman–Crippen LogP) is 4.62. The van der Waals surface area contributed by atoms with Gasteiger partial charge in [0.15, 0.2) is 5.82 Å². The molecule has 4 rings (SSSR count). The highest BCUT2D eigenvalue weighted by molar-refractivity contribution is 7.86. The Morgan fingerprint density at radius 2 is 1.78 bits per heavy atom. The zero-order valence-corrected chi connectivity index (χ0v) is 22.9. The molecule has 16 heteroatoms. The average Bonchev–Trinajstić information content (AvgIpc) is 3.32. The van der Waals surface area contributed by atoms with Gasteiger partial charge in [-0.25, -0.2) is 14.4 Å². The van der Waals surface area contributed by atoms with Gasteiger partial charge in [-0.2, -0.15) is 26.3 Å². The van der Waals surface area contributed by atoms with Crippen LogP contribution >= 0.6 is 11.6 Å². The first-order chi connectivity index (χ1) is 19.3. The zero-order chi connectivity index (χ0) is 29.9. The monoisotopic (exact) mass is 612 g/mol. The maximum atomic E-state index is 13.4. The molecule has 0 aliphatic carbocycles. The molecule has 1 atom stereocenters. The number of alkyl halides is 3. The van der Waals surface area contributed by atoms with E-state index in [-0.39, 0.29) is 28.7 Å². The van der Waals surface area contributed by atoms with Crippen molar-refractivity contribution in [1.29, 1.82) is 0 Å². The average molecular weight is 613 g/mol. The van der Waals surface area contributed by atoms with Crippen LogP contribution in [0.15, 0.2) is 59.8 Å². The highest BCUT2D eigenvalue weighted by Gasteiger charge is 2.35. The van der Waals surface area contributed by atoms with Crippen LogP contribution in [0.4, 0.5) is 17.6 Å². The molecule has 216 valence electrons. The number of benzene rings is 2. The van der Waals surface area contributed by atoms with Crippen LogP contribution in [-0.4, -0.2) is 45.9 Å². The van der Waals surface area contributed by atoms with Crippen LogP contribution in [0, 0.1) is 12.7 Å². The van der Waals surface area contributed by atoms with E-state index in [1.165, 1.54) is 19.1 Å². The summed E-state index contributed by atoms with van der Waals surface area (Å²) in [7, 11) is -4.13. The van der Waals surface area contributed by atoms with E-state index in [2.05, 4.69) is 25.6 Å². The molecule has 0 spiro atoms. The van der Waals surface area contributed by atoms with Gasteiger partial charge < -0.3 is 5.32 Å². The van der Waals surface area contributed by atoms with Crippen molar-refractivity contribution < 1.29 is 35.0 Å². The third-order valence-electron chi connectivity index (χ3n) is 5.78. The molecule has 1 unspecified atom stereocenters. The molecule has 0 saturated carbocycles. The Labute approximate surface area is 236 Å². The van der Waals surface area contributed by atoms with Crippen LogP contribution in [0.5, 0.6) is 0 Å². The molecule has 0 aliphatic heterocycles. The van der Waals surface area contributed by atoms with E-state index in [9.17, 15) is 30.8 Å². The van der Waals surface area contributed by atoms with Gasteiger partial charge in [0.2, 0.25) is 0 Å². The third-order valence-corrected chi connectivity index (χ3v) is 7.52. The molecule has 0 aliphatic rings.